The van der Waals surface area contributed by atoms with Gasteiger partial charge >= 0.3 is 6.03 Å². The van der Waals surface area contributed by atoms with E-state index in [1.165, 1.54) is 0 Å². The van der Waals surface area contributed by atoms with Gasteiger partial charge in [0.05, 0.1) is 5.71 Å². The van der Waals surface area contributed by atoms with Crippen LogP contribution in [-0.2, 0) is 0 Å². The fourth-order valence-electron chi connectivity index (χ4n) is 1.87. The van der Waals surface area contributed by atoms with E-state index < -0.39 is 0 Å². The predicted molar refractivity (Wildman–Crippen MR) is 58.3 cm³/mol. The lowest BCUT2D eigenvalue weighted by atomic mass is 9.93. The second-order valence-electron chi connectivity index (χ2n) is 4.07. The van der Waals surface area contributed by atoms with Crippen LogP contribution < -0.4 is 0 Å². The van der Waals surface area contributed by atoms with Crippen molar-refractivity contribution in [2.45, 2.75) is 19.8 Å². The Labute approximate surface area is 90.3 Å². The van der Waals surface area contributed by atoms with Gasteiger partial charge in [-0.25, -0.2) is 4.79 Å². The van der Waals surface area contributed by atoms with Crippen LogP contribution in [0.25, 0.3) is 0 Å². The predicted octanol–water partition coefficient (Wildman–Crippen LogP) is 1.23. The van der Waals surface area contributed by atoms with Crippen LogP contribution in [0.15, 0.2) is 5.16 Å². The van der Waals surface area contributed by atoms with Crippen molar-refractivity contribution in [2.24, 2.45) is 11.1 Å². The number of nitrogens with zero attached hydrogens (tertiary/aromatic N) is 3. The Kier molecular flexibility index (Phi) is 3.94. The normalized spacial score (nSPS) is 24.3. The Morgan fingerprint density at radius 3 is 2.80 bits per heavy atom. The monoisotopic (exact) mass is 213 g/mol. The molecule has 1 unspecified atom stereocenters. The van der Waals surface area contributed by atoms with Gasteiger partial charge in [0.15, 0.2) is 0 Å². The molecule has 15 heavy (non-hydrogen) atoms. The van der Waals surface area contributed by atoms with Gasteiger partial charge in [-0.05, 0) is 6.42 Å². The third-order valence-corrected chi connectivity index (χ3v) is 2.82. The average Bonchev–Trinajstić information content (AvgIpc) is 2.26. The van der Waals surface area contributed by atoms with E-state index in [4.69, 9.17) is 5.21 Å². The molecule has 1 N–H and O–H groups in total. The molecule has 0 aliphatic carbocycles. The first-order valence-electron chi connectivity index (χ1n) is 5.27. The number of amides is 2. The molecule has 1 heterocycles. The van der Waals surface area contributed by atoms with E-state index in [2.05, 4.69) is 5.16 Å². The van der Waals surface area contributed by atoms with Gasteiger partial charge in [0.2, 0.25) is 0 Å². The fourth-order valence-corrected chi connectivity index (χ4v) is 1.87. The minimum atomic E-state index is 0.0328. The zero-order valence-electron chi connectivity index (χ0n) is 9.60. The molecule has 5 nitrogen and oxygen atoms in total. The van der Waals surface area contributed by atoms with Crippen LogP contribution in [0, 0.1) is 5.92 Å². The Morgan fingerprint density at radius 2 is 2.33 bits per heavy atom. The van der Waals surface area contributed by atoms with E-state index in [1.807, 2.05) is 11.8 Å². The molecule has 0 saturated carbocycles. The highest BCUT2D eigenvalue weighted by Crippen LogP contribution is 2.18. The number of hydrogen-bond acceptors (Lipinski definition) is 3. The lowest BCUT2D eigenvalue weighted by Gasteiger charge is -2.34. The molecular weight excluding hydrogens is 194 g/mol. The number of urea groups is 1. The quantitative estimate of drug-likeness (QED) is 0.526. The Balaban J connectivity index is 2.65. The van der Waals surface area contributed by atoms with E-state index in [0.717, 1.165) is 12.1 Å². The first-order valence-corrected chi connectivity index (χ1v) is 5.27. The molecule has 2 amide bonds. The minimum absolute atomic E-state index is 0.0328. The third-order valence-electron chi connectivity index (χ3n) is 2.82. The van der Waals surface area contributed by atoms with Crippen molar-refractivity contribution in [3.05, 3.63) is 0 Å². The summed E-state index contributed by atoms with van der Waals surface area (Å²) in [4.78, 5) is 15.1. The van der Waals surface area contributed by atoms with Crippen LogP contribution in [0.5, 0.6) is 0 Å². The molecule has 1 fully saturated rings. The van der Waals surface area contributed by atoms with E-state index in [0.29, 0.717) is 19.5 Å². The number of carbonyl (C=O) groups excluding carboxylic acids is 1. The fraction of sp³-hybridized carbons (Fsp3) is 0.800. The first kappa shape index (κ1) is 11.8. The highest BCUT2D eigenvalue weighted by Gasteiger charge is 2.28. The lowest BCUT2D eigenvalue weighted by Crippen LogP contribution is -2.47. The summed E-state index contributed by atoms with van der Waals surface area (Å²) in [5, 5.41) is 12.1. The summed E-state index contributed by atoms with van der Waals surface area (Å²) in [6.07, 6.45) is 1.57. The molecule has 0 spiro atoms. The van der Waals surface area contributed by atoms with Crippen LogP contribution in [0.1, 0.15) is 19.8 Å². The summed E-state index contributed by atoms with van der Waals surface area (Å²) in [5.74, 6) is 0.202. The zero-order chi connectivity index (χ0) is 11.4. The van der Waals surface area contributed by atoms with Crippen LogP contribution in [-0.4, -0.2) is 53.9 Å². The van der Waals surface area contributed by atoms with Crippen LogP contribution in [0.3, 0.4) is 0 Å². The molecule has 1 rings (SSSR count). The molecule has 0 aromatic rings. The summed E-state index contributed by atoms with van der Waals surface area (Å²) >= 11 is 0. The van der Waals surface area contributed by atoms with Gasteiger partial charge in [0.1, 0.15) is 0 Å². The van der Waals surface area contributed by atoms with E-state index in [1.54, 1.807) is 19.0 Å². The van der Waals surface area contributed by atoms with Crippen LogP contribution >= 0.6 is 0 Å². The summed E-state index contributed by atoms with van der Waals surface area (Å²) in [5.41, 5.74) is 0.820. The number of carbonyl (C=O) groups is 1. The maximum atomic E-state index is 11.7. The van der Waals surface area contributed by atoms with Crippen LogP contribution in [0.4, 0.5) is 4.79 Å². The summed E-state index contributed by atoms with van der Waals surface area (Å²) in [6.45, 7) is 3.35. The molecular formula is C10H19N3O2. The molecule has 1 saturated heterocycles. The number of oxime groups is 1. The SMILES string of the molecule is CCC1CN(C(=O)N(C)C)CCC1=NO. The molecule has 86 valence electrons. The maximum absolute atomic E-state index is 11.7. The third kappa shape index (κ3) is 2.61. The second kappa shape index (κ2) is 5.00. The molecule has 0 bridgehead atoms. The summed E-state index contributed by atoms with van der Waals surface area (Å²) < 4.78 is 0. The zero-order valence-corrected chi connectivity index (χ0v) is 9.60. The lowest BCUT2D eigenvalue weighted by molar-refractivity contribution is 0.161. The van der Waals surface area contributed by atoms with E-state index in [9.17, 15) is 4.79 Å². The highest BCUT2D eigenvalue weighted by atomic mass is 16.4. The van der Waals surface area contributed by atoms with Gasteiger partial charge in [-0.3, -0.25) is 0 Å². The Bertz CT molecular complexity index is 263. The van der Waals surface area contributed by atoms with Crippen molar-refractivity contribution in [1.82, 2.24) is 9.80 Å². The maximum Gasteiger partial charge on any atom is 0.319 e. The van der Waals surface area contributed by atoms with Gasteiger partial charge < -0.3 is 15.0 Å². The molecule has 0 aromatic carbocycles. The van der Waals surface area contributed by atoms with Gasteiger partial charge in [-0.2, -0.15) is 0 Å². The highest BCUT2D eigenvalue weighted by molar-refractivity contribution is 5.89. The molecule has 0 radical (unpaired) electrons. The van der Waals surface area contributed by atoms with Gasteiger partial charge in [-0.1, -0.05) is 12.1 Å². The Hall–Kier alpha value is -1.26. The minimum Gasteiger partial charge on any atom is -0.411 e. The van der Waals surface area contributed by atoms with E-state index >= 15 is 0 Å². The first-order chi connectivity index (χ1) is 7.10. The topological polar surface area (TPSA) is 56.1 Å². The number of likely N-dealkylation sites (tertiary alicyclic amines) is 1. The van der Waals surface area contributed by atoms with Crippen molar-refractivity contribution in [2.75, 3.05) is 27.2 Å². The van der Waals surface area contributed by atoms with Gasteiger partial charge in [0, 0.05) is 39.5 Å². The van der Waals surface area contributed by atoms with Crippen molar-refractivity contribution in [1.29, 1.82) is 0 Å². The standard InChI is InChI=1S/C10H19N3O2/c1-4-8-7-13(10(14)12(2)3)6-5-9(8)11-15/h8,15H,4-7H2,1-3H3. The van der Waals surface area contributed by atoms with Crippen LogP contribution in [0.2, 0.25) is 0 Å². The van der Waals surface area contributed by atoms with Crippen molar-refractivity contribution >= 4 is 11.7 Å². The summed E-state index contributed by atoms with van der Waals surface area (Å²) in [7, 11) is 3.50. The van der Waals surface area contributed by atoms with Gasteiger partial charge in [0.25, 0.3) is 0 Å². The van der Waals surface area contributed by atoms with Crippen molar-refractivity contribution in [3.63, 3.8) is 0 Å². The van der Waals surface area contributed by atoms with Gasteiger partial charge in [-0.15, -0.1) is 0 Å². The van der Waals surface area contributed by atoms with Crippen molar-refractivity contribution < 1.29 is 10.0 Å². The smallest absolute Gasteiger partial charge is 0.319 e. The van der Waals surface area contributed by atoms with E-state index in [-0.39, 0.29) is 11.9 Å². The summed E-state index contributed by atoms with van der Waals surface area (Å²) in [6, 6.07) is 0.0328. The van der Waals surface area contributed by atoms with Crippen molar-refractivity contribution in [3.8, 4) is 0 Å². The average molecular weight is 213 g/mol. The number of hydrogen-bond donors (Lipinski definition) is 1. The molecule has 1 aliphatic heterocycles. The Morgan fingerprint density at radius 1 is 1.67 bits per heavy atom. The number of rotatable bonds is 1. The number of piperidine rings is 1. The molecule has 1 aliphatic rings. The second-order valence-corrected chi connectivity index (χ2v) is 4.07. The molecule has 1 atom stereocenters. The largest absolute Gasteiger partial charge is 0.411 e. The molecule has 0 aromatic heterocycles. The molecule has 5 heteroatoms.